The van der Waals surface area contributed by atoms with Gasteiger partial charge in [-0.25, -0.2) is 4.98 Å². The van der Waals surface area contributed by atoms with Gasteiger partial charge in [-0.05, 0) is 19.1 Å². The van der Waals surface area contributed by atoms with E-state index in [1.54, 1.807) is 24.4 Å². The second-order valence-electron chi connectivity index (χ2n) is 8.80. The summed E-state index contributed by atoms with van der Waals surface area (Å²) in [4.78, 5) is 21.2. The number of aromatic nitrogens is 2. The molecule has 1 heterocycles. The Bertz CT molecular complexity index is 983. The molecule has 1 aliphatic carbocycles. The summed E-state index contributed by atoms with van der Waals surface area (Å²) < 4.78 is 6.24. The number of hydrogen-bond acceptors (Lipinski definition) is 6. The van der Waals surface area contributed by atoms with Gasteiger partial charge in [-0.2, -0.15) is 17.9 Å². The van der Waals surface area contributed by atoms with Gasteiger partial charge in [0.25, 0.3) is 5.91 Å². The lowest BCUT2D eigenvalue weighted by atomic mass is 9.49. The first kappa shape index (κ1) is 22.4. The molecule has 2 aromatic rings. The number of nitrogens with one attached hydrogen (secondary N) is 1. The highest BCUT2D eigenvalue weighted by atomic mass is 35.5. The number of nitriles is 1. The molecule has 1 saturated carbocycles. The molecule has 0 bridgehead atoms. The Hall–Kier alpha value is -2.30. The lowest BCUT2D eigenvalue weighted by molar-refractivity contribution is -0.164. The molecule has 1 amide bonds. The van der Waals surface area contributed by atoms with Crippen molar-refractivity contribution >= 4 is 30.1 Å². The van der Waals surface area contributed by atoms with E-state index < -0.39 is 0 Å². The van der Waals surface area contributed by atoms with Crippen LogP contribution in [0, 0.1) is 22.2 Å². The van der Waals surface area contributed by atoms with Crippen molar-refractivity contribution in [2.75, 3.05) is 0 Å². The van der Waals surface area contributed by atoms with E-state index in [9.17, 15) is 4.79 Å². The Morgan fingerprint density at radius 1 is 1.27 bits per heavy atom. The topological polar surface area (TPSA) is 87.9 Å². The Kier molecular flexibility index (Phi) is 6.03. The molecule has 1 aromatic heterocycles. The molecule has 3 rings (SSSR count). The van der Waals surface area contributed by atoms with E-state index in [-0.39, 0.29) is 39.8 Å². The van der Waals surface area contributed by atoms with Crippen LogP contribution in [0.1, 0.15) is 61.6 Å². The predicted molar refractivity (Wildman–Crippen MR) is 119 cm³/mol. The number of thiol groups is 1. The van der Waals surface area contributed by atoms with Crippen LogP contribution in [0.5, 0.6) is 5.75 Å². The van der Waals surface area contributed by atoms with Crippen LogP contribution >= 0.6 is 24.2 Å². The summed E-state index contributed by atoms with van der Waals surface area (Å²) in [5, 5.41) is 12.4. The van der Waals surface area contributed by atoms with E-state index >= 15 is 0 Å². The quantitative estimate of drug-likeness (QED) is 0.657. The van der Waals surface area contributed by atoms with Gasteiger partial charge in [0.1, 0.15) is 23.6 Å². The van der Waals surface area contributed by atoms with Crippen LogP contribution in [0.25, 0.3) is 0 Å². The Balaban J connectivity index is 1.74. The minimum Gasteiger partial charge on any atom is -0.489 e. The molecular weight excluding hydrogens is 420 g/mol. The predicted octanol–water partition coefficient (Wildman–Crippen LogP) is 4.60. The summed E-state index contributed by atoms with van der Waals surface area (Å²) in [6.45, 7) is 10.1. The number of halogens is 1. The van der Waals surface area contributed by atoms with Crippen LogP contribution in [0.15, 0.2) is 30.6 Å². The summed E-state index contributed by atoms with van der Waals surface area (Å²) >= 11 is 10.5. The normalized spacial score (nSPS) is 22.3. The summed E-state index contributed by atoms with van der Waals surface area (Å²) in [6.07, 6.45) is 2.88. The van der Waals surface area contributed by atoms with E-state index in [2.05, 4.69) is 55.6 Å². The van der Waals surface area contributed by atoms with Crippen molar-refractivity contribution in [2.45, 2.75) is 52.0 Å². The summed E-state index contributed by atoms with van der Waals surface area (Å²) in [6, 6.07) is 6.93. The first-order valence-corrected chi connectivity index (χ1v) is 10.5. The lowest BCUT2D eigenvalue weighted by Crippen LogP contribution is -2.74. The van der Waals surface area contributed by atoms with Gasteiger partial charge >= 0.3 is 0 Å². The number of amides is 1. The molecule has 1 fully saturated rings. The second-order valence-corrected chi connectivity index (χ2v) is 9.98. The second kappa shape index (κ2) is 8.09. The fraction of sp³-hybridized carbons (Fsp3) is 0.455. The molecule has 6 nitrogen and oxygen atoms in total. The number of carbonyl (C=O) groups excluding carboxylic acids is 1. The van der Waals surface area contributed by atoms with Crippen molar-refractivity contribution in [3.8, 4) is 11.8 Å². The molecule has 30 heavy (non-hydrogen) atoms. The van der Waals surface area contributed by atoms with E-state index in [1.165, 1.54) is 6.20 Å². The van der Waals surface area contributed by atoms with Crippen molar-refractivity contribution in [3.63, 3.8) is 0 Å². The molecule has 1 aromatic carbocycles. The lowest BCUT2D eigenvalue weighted by Gasteiger charge is -2.63. The molecular formula is C22H25ClN4O2S. The van der Waals surface area contributed by atoms with Crippen LogP contribution in [0.4, 0.5) is 0 Å². The van der Waals surface area contributed by atoms with Crippen LogP contribution in [0.2, 0.25) is 5.02 Å². The Morgan fingerprint density at radius 3 is 2.43 bits per heavy atom. The van der Waals surface area contributed by atoms with Gasteiger partial charge in [0.15, 0.2) is 0 Å². The fourth-order valence-electron chi connectivity index (χ4n) is 4.47. The van der Waals surface area contributed by atoms with Gasteiger partial charge in [0.05, 0.1) is 28.7 Å². The highest BCUT2D eigenvalue weighted by molar-refractivity contribution is 7.80. The number of ether oxygens (including phenoxy) is 1. The van der Waals surface area contributed by atoms with Crippen LogP contribution in [-0.4, -0.2) is 28.0 Å². The standard InChI is InChI=1S/C22H25ClN4O2S/c1-12(30)16-10-26-17(11-25-16)18(28)27-19-21(2,3)20(22(19,4)5)29-14-7-6-13(9-24)15(23)8-14/h6-8,10-12,19-20,30H,1-5H3,(H,27,28)/t12?,19-,20-. The molecule has 8 heteroatoms. The average Bonchev–Trinajstić information content (AvgIpc) is 2.69. The van der Waals surface area contributed by atoms with Crippen molar-refractivity contribution in [2.24, 2.45) is 10.8 Å². The van der Waals surface area contributed by atoms with E-state index in [1.807, 2.05) is 13.0 Å². The van der Waals surface area contributed by atoms with Crippen molar-refractivity contribution < 1.29 is 9.53 Å². The number of rotatable bonds is 5. The van der Waals surface area contributed by atoms with Crippen LogP contribution in [0.3, 0.4) is 0 Å². The summed E-state index contributed by atoms with van der Waals surface area (Å²) in [5.74, 6) is 0.323. The average molecular weight is 445 g/mol. The van der Waals surface area contributed by atoms with Crippen molar-refractivity contribution in [1.29, 1.82) is 5.26 Å². The maximum atomic E-state index is 12.8. The fourth-order valence-corrected chi connectivity index (χ4v) is 4.82. The summed E-state index contributed by atoms with van der Waals surface area (Å²) in [5.41, 5.74) is 0.705. The zero-order valence-corrected chi connectivity index (χ0v) is 19.3. The van der Waals surface area contributed by atoms with Gasteiger partial charge in [0.2, 0.25) is 0 Å². The zero-order valence-electron chi connectivity index (χ0n) is 17.6. The first-order valence-electron chi connectivity index (χ1n) is 9.65. The Labute approximate surface area is 187 Å². The SMILES string of the molecule is CC(S)c1cnc(C(=O)N[C@H]2C(C)(C)[C@H](Oc3ccc(C#N)c(Cl)c3)C2(C)C)cn1. The number of benzene rings is 1. The highest BCUT2D eigenvalue weighted by Gasteiger charge is 2.64. The van der Waals surface area contributed by atoms with E-state index in [0.717, 1.165) is 0 Å². The van der Waals surface area contributed by atoms with Gasteiger partial charge in [-0.15, -0.1) is 0 Å². The molecule has 1 atom stereocenters. The third-order valence-corrected chi connectivity index (χ3v) is 6.34. The monoisotopic (exact) mass is 444 g/mol. The molecule has 158 valence electrons. The van der Waals surface area contributed by atoms with Gasteiger partial charge in [0, 0.05) is 28.2 Å². The van der Waals surface area contributed by atoms with Crippen LogP contribution < -0.4 is 10.1 Å². The third-order valence-electron chi connectivity index (χ3n) is 5.76. The van der Waals surface area contributed by atoms with Gasteiger partial charge in [-0.1, -0.05) is 39.3 Å². The number of carbonyl (C=O) groups is 1. The smallest absolute Gasteiger partial charge is 0.271 e. The summed E-state index contributed by atoms with van der Waals surface area (Å²) in [7, 11) is 0. The molecule has 1 aliphatic rings. The maximum Gasteiger partial charge on any atom is 0.271 e. The molecule has 0 saturated heterocycles. The minimum absolute atomic E-state index is 0.0484. The van der Waals surface area contributed by atoms with Gasteiger partial charge < -0.3 is 10.1 Å². The van der Waals surface area contributed by atoms with Crippen molar-refractivity contribution in [1.82, 2.24) is 15.3 Å². The Morgan fingerprint density at radius 2 is 1.93 bits per heavy atom. The molecule has 1 unspecified atom stereocenters. The van der Waals surface area contributed by atoms with E-state index in [0.29, 0.717) is 22.0 Å². The van der Waals surface area contributed by atoms with Gasteiger partial charge in [-0.3, -0.25) is 9.78 Å². The van der Waals surface area contributed by atoms with Crippen LogP contribution in [-0.2, 0) is 0 Å². The highest BCUT2D eigenvalue weighted by Crippen LogP contribution is 2.55. The van der Waals surface area contributed by atoms with Crippen molar-refractivity contribution in [3.05, 3.63) is 52.6 Å². The molecule has 1 N–H and O–H groups in total. The largest absolute Gasteiger partial charge is 0.489 e. The zero-order chi connectivity index (χ0) is 22.3. The molecule has 0 radical (unpaired) electrons. The number of nitrogens with zero attached hydrogens (tertiary/aromatic N) is 3. The maximum absolute atomic E-state index is 12.8. The molecule has 0 spiro atoms. The van der Waals surface area contributed by atoms with E-state index in [4.69, 9.17) is 21.6 Å². The third kappa shape index (κ3) is 3.99. The first-order chi connectivity index (χ1) is 14.0. The number of hydrogen-bond donors (Lipinski definition) is 2. The minimum atomic E-state index is -0.341. The molecule has 0 aliphatic heterocycles.